The van der Waals surface area contributed by atoms with Crippen LogP contribution in [0.2, 0.25) is 0 Å². The average Bonchev–Trinajstić information content (AvgIpc) is 2.76. The van der Waals surface area contributed by atoms with Crippen LogP contribution >= 0.6 is 0 Å². The molecule has 0 spiro atoms. The number of hydrogen-bond donors (Lipinski definition) is 1. The molecule has 0 radical (unpaired) electrons. The van der Waals surface area contributed by atoms with Crippen molar-refractivity contribution in [1.29, 1.82) is 0 Å². The number of hydrogen-bond acceptors (Lipinski definition) is 5. The highest BCUT2D eigenvalue weighted by Gasteiger charge is 2.10. The summed E-state index contributed by atoms with van der Waals surface area (Å²) in [5.41, 5.74) is 0.888. The van der Waals surface area contributed by atoms with Crippen molar-refractivity contribution in [3.05, 3.63) is 93.6 Å². The number of rotatable bonds is 6. The standard InChI is InChI=1S/C22H19N5O3/c28-20(23-13-14-26-21(29)9-4-12-24-26)15-27-22(30)11-10-19(25-27)18-8-3-6-16-5-1-2-7-17(16)18/h1-12H,13-15H2,(H,23,28). The number of amides is 1. The van der Waals surface area contributed by atoms with Gasteiger partial charge in [0.1, 0.15) is 6.54 Å². The van der Waals surface area contributed by atoms with Gasteiger partial charge in [0, 0.05) is 30.4 Å². The molecule has 8 nitrogen and oxygen atoms in total. The van der Waals surface area contributed by atoms with Gasteiger partial charge in [-0.2, -0.15) is 10.2 Å². The molecular weight excluding hydrogens is 382 g/mol. The summed E-state index contributed by atoms with van der Waals surface area (Å²) in [6.07, 6.45) is 1.51. The molecule has 1 N–H and O–H groups in total. The van der Waals surface area contributed by atoms with E-state index in [1.54, 1.807) is 12.1 Å². The first-order chi connectivity index (χ1) is 14.6. The maximum Gasteiger partial charge on any atom is 0.267 e. The Kier molecular flexibility index (Phi) is 5.47. The van der Waals surface area contributed by atoms with Crippen LogP contribution in [0.1, 0.15) is 0 Å². The second-order valence-corrected chi connectivity index (χ2v) is 6.68. The minimum atomic E-state index is -0.372. The first kappa shape index (κ1) is 19.3. The van der Waals surface area contributed by atoms with E-state index < -0.39 is 0 Å². The summed E-state index contributed by atoms with van der Waals surface area (Å²) in [4.78, 5) is 36.1. The lowest BCUT2D eigenvalue weighted by molar-refractivity contribution is -0.121. The third kappa shape index (κ3) is 4.17. The minimum absolute atomic E-state index is 0.214. The molecule has 8 heteroatoms. The molecule has 0 atom stereocenters. The smallest absolute Gasteiger partial charge is 0.267 e. The van der Waals surface area contributed by atoms with Crippen LogP contribution in [0.3, 0.4) is 0 Å². The molecule has 0 aliphatic carbocycles. The number of carbonyl (C=O) groups excluding carboxylic acids is 1. The SMILES string of the molecule is O=C(Cn1nc(-c2cccc3ccccc23)ccc1=O)NCCn1ncccc1=O. The molecule has 0 fully saturated rings. The van der Waals surface area contributed by atoms with E-state index in [9.17, 15) is 14.4 Å². The van der Waals surface area contributed by atoms with Crippen LogP contribution < -0.4 is 16.4 Å². The topological polar surface area (TPSA) is 98.9 Å². The number of benzene rings is 2. The largest absolute Gasteiger partial charge is 0.353 e. The maximum absolute atomic E-state index is 12.3. The van der Waals surface area contributed by atoms with E-state index in [2.05, 4.69) is 15.5 Å². The predicted molar refractivity (Wildman–Crippen MR) is 113 cm³/mol. The predicted octanol–water partition coefficient (Wildman–Crippen LogP) is 1.44. The molecule has 4 rings (SSSR count). The lowest BCUT2D eigenvalue weighted by Gasteiger charge is -2.10. The Labute approximate surface area is 171 Å². The highest BCUT2D eigenvalue weighted by molar-refractivity contribution is 5.95. The summed E-state index contributed by atoms with van der Waals surface area (Å²) in [6, 6.07) is 19.8. The van der Waals surface area contributed by atoms with Gasteiger partial charge in [0.25, 0.3) is 11.1 Å². The molecule has 150 valence electrons. The number of carbonyl (C=O) groups is 1. The van der Waals surface area contributed by atoms with E-state index in [4.69, 9.17) is 0 Å². The van der Waals surface area contributed by atoms with Gasteiger partial charge in [-0.25, -0.2) is 9.36 Å². The summed E-state index contributed by atoms with van der Waals surface area (Å²) in [5, 5.41) is 13.1. The van der Waals surface area contributed by atoms with Crippen LogP contribution in [0.25, 0.3) is 22.0 Å². The zero-order chi connectivity index (χ0) is 20.9. The van der Waals surface area contributed by atoms with E-state index in [0.29, 0.717) is 5.69 Å². The van der Waals surface area contributed by atoms with Crippen molar-refractivity contribution in [2.75, 3.05) is 6.54 Å². The average molecular weight is 401 g/mol. The quantitative estimate of drug-likeness (QED) is 0.527. The molecule has 0 saturated heterocycles. The molecule has 0 bridgehead atoms. The highest BCUT2D eigenvalue weighted by atomic mass is 16.2. The van der Waals surface area contributed by atoms with Gasteiger partial charge >= 0.3 is 0 Å². The molecule has 0 saturated carbocycles. The molecule has 0 unspecified atom stereocenters. The van der Waals surface area contributed by atoms with Gasteiger partial charge in [-0.15, -0.1) is 0 Å². The summed E-state index contributed by atoms with van der Waals surface area (Å²) in [5.74, 6) is -0.372. The Morgan fingerprint density at radius 1 is 0.867 bits per heavy atom. The number of aromatic nitrogens is 4. The molecule has 2 heterocycles. The fourth-order valence-corrected chi connectivity index (χ4v) is 3.20. The molecule has 0 aliphatic rings. The molecule has 0 aliphatic heterocycles. The first-order valence-electron chi connectivity index (χ1n) is 9.47. The van der Waals surface area contributed by atoms with Gasteiger partial charge in [0.05, 0.1) is 12.2 Å². The van der Waals surface area contributed by atoms with Gasteiger partial charge in [-0.3, -0.25) is 14.4 Å². The number of nitrogens with one attached hydrogen (secondary N) is 1. The molecule has 4 aromatic rings. The van der Waals surface area contributed by atoms with Crippen molar-refractivity contribution in [3.63, 3.8) is 0 Å². The van der Waals surface area contributed by atoms with E-state index in [0.717, 1.165) is 21.0 Å². The van der Waals surface area contributed by atoms with Crippen LogP contribution in [0.4, 0.5) is 0 Å². The summed E-state index contributed by atoms with van der Waals surface area (Å²) >= 11 is 0. The summed E-state index contributed by atoms with van der Waals surface area (Å²) in [7, 11) is 0. The van der Waals surface area contributed by atoms with Gasteiger partial charge < -0.3 is 5.32 Å². The Morgan fingerprint density at radius 3 is 2.53 bits per heavy atom. The Morgan fingerprint density at radius 2 is 1.67 bits per heavy atom. The number of nitrogens with zero attached hydrogens (tertiary/aromatic N) is 4. The van der Waals surface area contributed by atoms with Crippen LogP contribution in [0.15, 0.2) is 82.5 Å². The zero-order valence-electron chi connectivity index (χ0n) is 16.1. The fourth-order valence-electron chi connectivity index (χ4n) is 3.20. The van der Waals surface area contributed by atoms with E-state index in [-0.39, 0.29) is 36.7 Å². The van der Waals surface area contributed by atoms with Crippen LogP contribution in [-0.2, 0) is 17.9 Å². The third-order valence-corrected chi connectivity index (χ3v) is 4.66. The molecule has 1 amide bonds. The summed E-state index contributed by atoms with van der Waals surface area (Å²) in [6.45, 7) is 0.242. The van der Waals surface area contributed by atoms with E-state index in [1.807, 2.05) is 42.5 Å². The maximum atomic E-state index is 12.3. The second-order valence-electron chi connectivity index (χ2n) is 6.68. The highest BCUT2D eigenvalue weighted by Crippen LogP contribution is 2.26. The van der Waals surface area contributed by atoms with Crippen molar-refractivity contribution >= 4 is 16.7 Å². The second kappa shape index (κ2) is 8.52. The lowest BCUT2D eigenvalue weighted by atomic mass is 10.0. The van der Waals surface area contributed by atoms with Crippen LogP contribution in [-0.4, -0.2) is 32.0 Å². The normalized spacial score (nSPS) is 10.8. The number of fused-ring (bicyclic) bond motifs is 1. The Hall–Kier alpha value is -4.07. The van der Waals surface area contributed by atoms with Crippen molar-refractivity contribution in [1.82, 2.24) is 24.9 Å². The summed E-state index contributed by atoms with van der Waals surface area (Å²) < 4.78 is 2.39. The lowest BCUT2D eigenvalue weighted by Crippen LogP contribution is -2.36. The van der Waals surface area contributed by atoms with Crippen molar-refractivity contribution < 1.29 is 4.79 Å². The molecule has 30 heavy (non-hydrogen) atoms. The van der Waals surface area contributed by atoms with Crippen molar-refractivity contribution in [2.45, 2.75) is 13.1 Å². The molecule has 2 aromatic carbocycles. The van der Waals surface area contributed by atoms with Crippen molar-refractivity contribution in [2.24, 2.45) is 0 Å². The van der Waals surface area contributed by atoms with Gasteiger partial charge in [-0.05, 0) is 22.9 Å². The monoisotopic (exact) mass is 401 g/mol. The first-order valence-corrected chi connectivity index (χ1v) is 9.47. The van der Waals surface area contributed by atoms with Gasteiger partial charge in [0.15, 0.2) is 0 Å². The van der Waals surface area contributed by atoms with Crippen LogP contribution in [0, 0.1) is 0 Å². The zero-order valence-corrected chi connectivity index (χ0v) is 16.1. The Bertz CT molecular complexity index is 1320. The van der Waals surface area contributed by atoms with Crippen LogP contribution in [0.5, 0.6) is 0 Å². The van der Waals surface area contributed by atoms with Gasteiger partial charge in [0.2, 0.25) is 5.91 Å². The van der Waals surface area contributed by atoms with E-state index >= 15 is 0 Å². The third-order valence-electron chi connectivity index (χ3n) is 4.66. The fraction of sp³-hybridized carbons (Fsp3) is 0.136. The molecular formula is C22H19N5O3. The minimum Gasteiger partial charge on any atom is -0.353 e. The molecule has 2 aromatic heterocycles. The Balaban J connectivity index is 1.49. The van der Waals surface area contributed by atoms with Crippen molar-refractivity contribution in [3.8, 4) is 11.3 Å². The van der Waals surface area contributed by atoms with Gasteiger partial charge in [-0.1, -0.05) is 42.5 Å². The van der Waals surface area contributed by atoms with E-state index in [1.165, 1.54) is 23.0 Å².